The van der Waals surface area contributed by atoms with E-state index in [9.17, 15) is 4.79 Å². The summed E-state index contributed by atoms with van der Waals surface area (Å²) in [5.41, 5.74) is 0. The highest BCUT2D eigenvalue weighted by Crippen LogP contribution is 2.16. The second kappa shape index (κ2) is 10.9. The Bertz CT molecular complexity index is 528. The fraction of sp³-hybridized carbons (Fsp3) is 0.632. The molecule has 1 heterocycles. The van der Waals surface area contributed by atoms with Crippen LogP contribution < -0.4 is 14.8 Å². The van der Waals surface area contributed by atoms with E-state index in [-0.39, 0.29) is 6.03 Å². The first-order valence-electron chi connectivity index (χ1n) is 9.25. The van der Waals surface area contributed by atoms with Crippen LogP contribution in [-0.4, -0.2) is 94.4 Å². The molecule has 2 rings (SSSR count). The van der Waals surface area contributed by atoms with E-state index in [1.54, 1.807) is 7.11 Å². The molecule has 0 bridgehead atoms. The molecule has 7 nitrogen and oxygen atoms in total. The SMILES string of the molecule is COc1ccc(OCCN2CCN(C(=O)NCCCN(C)C)CC2)cc1. The largest absolute Gasteiger partial charge is 0.497 e. The molecule has 1 aromatic carbocycles. The Morgan fingerprint density at radius 2 is 1.77 bits per heavy atom. The van der Waals surface area contributed by atoms with Crippen molar-refractivity contribution in [3.05, 3.63) is 24.3 Å². The molecule has 1 N–H and O–H groups in total. The molecule has 0 radical (unpaired) electrons. The van der Waals surface area contributed by atoms with Crippen LogP contribution in [0.3, 0.4) is 0 Å². The molecule has 0 atom stereocenters. The number of ether oxygens (including phenoxy) is 2. The summed E-state index contributed by atoms with van der Waals surface area (Å²) < 4.78 is 10.9. The van der Waals surface area contributed by atoms with Gasteiger partial charge in [-0.3, -0.25) is 4.90 Å². The minimum Gasteiger partial charge on any atom is -0.497 e. The minimum absolute atomic E-state index is 0.0536. The zero-order valence-corrected chi connectivity index (χ0v) is 16.2. The predicted molar refractivity (Wildman–Crippen MR) is 103 cm³/mol. The van der Waals surface area contributed by atoms with Crippen LogP contribution in [0.5, 0.6) is 11.5 Å². The van der Waals surface area contributed by atoms with Crippen LogP contribution in [0.4, 0.5) is 4.79 Å². The van der Waals surface area contributed by atoms with Crippen molar-refractivity contribution >= 4 is 6.03 Å². The maximum Gasteiger partial charge on any atom is 0.317 e. The molecule has 1 saturated heterocycles. The molecule has 2 amide bonds. The van der Waals surface area contributed by atoms with Gasteiger partial charge in [-0.1, -0.05) is 0 Å². The van der Waals surface area contributed by atoms with E-state index < -0.39 is 0 Å². The topological polar surface area (TPSA) is 57.3 Å². The van der Waals surface area contributed by atoms with Crippen molar-refractivity contribution in [2.75, 3.05) is 73.6 Å². The molecule has 26 heavy (non-hydrogen) atoms. The van der Waals surface area contributed by atoms with E-state index in [0.29, 0.717) is 6.61 Å². The van der Waals surface area contributed by atoms with Gasteiger partial charge in [-0.2, -0.15) is 0 Å². The molecule has 7 heteroatoms. The smallest absolute Gasteiger partial charge is 0.317 e. The van der Waals surface area contributed by atoms with Gasteiger partial charge in [-0.05, 0) is 51.3 Å². The molecule has 1 aliphatic heterocycles. The number of rotatable bonds is 9. The summed E-state index contributed by atoms with van der Waals surface area (Å²) in [6, 6.07) is 7.67. The van der Waals surface area contributed by atoms with E-state index in [1.807, 2.05) is 43.3 Å². The number of benzene rings is 1. The summed E-state index contributed by atoms with van der Waals surface area (Å²) in [6.45, 7) is 6.53. The number of urea groups is 1. The second-order valence-electron chi connectivity index (χ2n) is 6.74. The van der Waals surface area contributed by atoms with E-state index >= 15 is 0 Å². The Kier molecular flexibility index (Phi) is 8.50. The third-order valence-corrected chi connectivity index (χ3v) is 4.45. The second-order valence-corrected chi connectivity index (χ2v) is 6.74. The predicted octanol–water partition coefficient (Wildman–Crippen LogP) is 1.35. The van der Waals surface area contributed by atoms with Crippen molar-refractivity contribution in [2.24, 2.45) is 0 Å². The quantitative estimate of drug-likeness (QED) is 0.671. The highest BCUT2D eigenvalue weighted by Gasteiger charge is 2.20. The van der Waals surface area contributed by atoms with Crippen molar-refractivity contribution in [1.29, 1.82) is 0 Å². The molecule has 1 fully saturated rings. The number of carbonyl (C=O) groups is 1. The molecular weight excluding hydrogens is 332 g/mol. The molecule has 0 spiro atoms. The van der Waals surface area contributed by atoms with Crippen molar-refractivity contribution in [3.63, 3.8) is 0 Å². The summed E-state index contributed by atoms with van der Waals surface area (Å²) in [7, 11) is 5.73. The van der Waals surface area contributed by atoms with Gasteiger partial charge in [0.25, 0.3) is 0 Å². The molecule has 0 aliphatic carbocycles. The third kappa shape index (κ3) is 7.09. The highest BCUT2D eigenvalue weighted by atomic mass is 16.5. The van der Waals surface area contributed by atoms with Crippen LogP contribution >= 0.6 is 0 Å². The van der Waals surface area contributed by atoms with Crippen molar-refractivity contribution < 1.29 is 14.3 Å². The molecule has 146 valence electrons. The van der Waals surface area contributed by atoms with Gasteiger partial charge < -0.3 is 24.6 Å². The Labute approximate surface area is 156 Å². The lowest BCUT2D eigenvalue weighted by Gasteiger charge is -2.34. The normalized spacial score (nSPS) is 15.2. The number of hydrogen-bond donors (Lipinski definition) is 1. The van der Waals surface area contributed by atoms with E-state index in [0.717, 1.165) is 63.7 Å². The van der Waals surface area contributed by atoms with Crippen molar-refractivity contribution in [1.82, 2.24) is 20.0 Å². The molecule has 0 saturated carbocycles. The van der Waals surface area contributed by atoms with Gasteiger partial charge in [0.1, 0.15) is 18.1 Å². The number of amides is 2. The van der Waals surface area contributed by atoms with Crippen LogP contribution in [-0.2, 0) is 0 Å². The third-order valence-electron chi connectivity index (χ3n) is 4.45. The first kappa shape index (κ1) is 20.3. The lowest BCUT2D eigenvalue weighted by atomic mass is 10.3. The fourth-order valence-corrected chi connectivity index (χ4v) is 2.84. The van der Waals surface area contributed by atoms with Gasteiger partial charge in [0.15, 0.2) is 0 Å². The number of hydrogen-bond acceptors (Lipinski definition) is 5. The minimum atomic E-state index is 0.0536. The molecule has 0 unspecified atom stereocenters. The van der Waals surface area contributed by atoms with Gasteiger partial charge in [0, 0.05) is 39.3 Å². The summed E-state index contributed by atoms with van der Waals surface area (Å²) in [5.74, 6) is 1.68. The van der Waals surface area contributed by atoms with Gasteiger partial charge in [0.05, 0.1) is 7.11 Å². The fourth-order valence-electron chi connectivity index (χ4n) is 2.84. The lowest BCUT2D eigenvalue weighted by molar-refractivity contribution is 0.126. The maximum atomic E-state index is 12.1. The zero-order chi connectivity index (χ0) is 18.8. The van der Waals surface area contributed by atoms with Crippen molar-refractivity contribution in [3.8, 4) is 11.5 Å². The van der Waals surface area contributed by atoms with Crippen LogP contribution in [0.25, 0.3) is 0 Å². The number of carbonyl (C=O) groups excluding carboxylic acids is 1. The number of nitrogens with one attached hydrogen (secondary N) is 1. The Hall–Kier alpha value is -1.99. The lowest BCUT2D eigenvalue weighted by Crippen LogP contribution is -2.52. The number of piperazine rings is 1. The van der Waals surface area contributed by atoms with Gasteiger partial charge in [-0.15, -0.1) is 0 Å². The Morgan fingerprint density at radius 3 is 2.38 bits per heavy atom. The average molecular weight is 364 g/mol. The Balaban J connectivity index is 1.58. The van der Waals surface area contributed by atoms with Gasteiger partial charge in [0.2, 0.25) is 0 Å². The first-order chi connectivity index (χ1) is 12.6. The van der Waals surface area contributed by atoms with Gasteiger partial charge >= 0.3 is 6.03 Å². The van der Waals surface area contributed by atoms with Crippen LogP contribution in [0.1, 0.15) is 6.42 Å². The molecular formula is C19H32N4O3. The monoisotopic (exact) mass is 364 g/mol. The number of nitrogens with zero attached hydrogens (tertiary/aromatic N) is 3. The average Bonchev–Trinajstić information content (AvgIpc) is 2.66. The Morgan fingerprint density at radius 1 is 1.12 bits per heavy atom. The highest BCUT2D eigenvalue weighted by molar-refractivity contribution is 5.74. The zero-order valence-electron chi connectivity index (χ0n) is 16.2. The molecule has 1 aromatic rings. The summed E-state index contributed by atoms with van der Waals surface area (Å²) >= 11 is 0. The summed E-state index contributed by atoms with van der Waals surface area (Å²) in [5, 5.41) is 3.00. The standard InChI is InChI=1S/C19H32N4O3/c1-21(2)10-4-9-20-19(24)23-13-11-22(12-14-23)15-16-26-18-7-5-17(25-3)6-8-18/h5-8H,4,9-16H2,1-3H3,(H,20,24). The number of methoxy groups -OCH3 is 1. The van der Waals surface area contributed by atoms with Crippen LogP contribution in [0, 0.1) is 0 Å². The summed E-state index contributed by atoms with van der Waals surface area (Å²) in [6.07, 6.45) is 0.974. The van der Waals surface area contributed by atoms with E-state index in [4.69, 9.17) is 9.47 Å². The van der Waals surface area contributed by atoms with Crippen molar-refractivity contribution in [2.45, 2.75) is 6.42 Å². The van der Waals surface area contributed by atoms with E-state index in [2.05, 4.69) is 15.1 Å². The van der Waals surface area contributed by atoms with Crippen LogP contribution in [0.2, 0.25) is 0 Å². The van der Waals surface area contributed by atoms with E-state index in [1.165, 1.54) is 0 Å². The van der Waals surface area contributed by atoms with Gasteiger partial charge in [-0.25, -0.2) is 4.79 Å². The first-order valence-corrected chi connectivity index (χ1v) is 9.25. The van der Waals surface area contributed by atoms with Crippen LogP contribution in [0.15, 0.2) is 24.3 Å². The molecule has 1 aliphatic rings. The molecule has 0 aromatic heterocycles. The maximum absolute atomic E-state index is 12.1. The summed E-state index contributed by atoms with van der Waals surface area (Å²) in [4.78, 5) is 18.5.